The molecule has 0 bridgehead atoms. The van der Waals surface area contributed by atoms with Crippen molar-refractivity contribution in [3.8, 4) is 0 Å². The fourth-order valence-corrected chi connectivity index (χ4v) is 2.38. The van der Waals surface area contributed by atoms with Gasteiger partial charge in [-0.2, -0.15) is 0 Å². The Bertz CT molecular complexity index is 597. The molecule has 0 unspecified atom stereocenters. The fourth-order valence-electron chi connectivity index (χ4n) is 2.38. The number of carboxylic acid groups (broad SMARTS) is 1. The maximum atomic E-state index is 12.5. The van der Waals surface area contributed by atoms with Crippen molar-refractivity contribution in [2.24, 2.45) is 0 Å². The first-order chi connectivity index (χ1) is 9.62. The molecule has 0 amide bonds. The molecule has 7 heteroatoms. The SMILES string of the molecule is CC1(OCC(=O)O)CN(c2nccn(C(C)(C)C)c2=O)C1. The summed E-state index contributed by atoms with van der Waals surface area (Å²) < 4.78 is 6.98. The number of hydrogen-bond acceptors (Lipinski definition) is 5. The van der Waals surface area contributed by atoms with E-state index < -0.39 is 11.6 Å². The Kier molecular flexibility index (Phi) is 3.79. The molecule has 0 spiro atoms. The summed E-state index contributed by atoms with van der Waals surface area (Å²) in [5.74, 6) is -0.619. The highest BCUT2D eigenvalue weighted by molar-refractivity contribution is 5.68. The maximum absolute atomic E-state index is 12.5. The summed E-state index contributed by atoms with van der Waals surface area (Å²) >= 11 is 0. The molecule has 0 radical (unpaired) electrons. The summed E-state index contributed by atoms with van der Waals surface area (Å²) in [6.07, 6.45) is 3.28. The number of carbonyl (C=O) groups is 1. The number of rotatable bonds is 4. The first-order valence-corrected chi connectivity index (χ1v) is 6.81. The van der Waals surface area contributed by atoms with Crippen LogP contribution in [0, 0.1) is 0 Å². The Morgan fingerprint density at radius 2 is 2.10 bits per heavy atom. The topological polar surface area (TPSA) is 84.7 Å². The zero-order chi connectivity index (χ0) is 15.8. The van der Waals surface area contributed by atoms with E-state index in [4.69, 9.17) is 9.84 Å². The van der Waals surface area contributed by atoms with Crippen LogP contribution in [-0.2, 0) is 15.1 Å². The fraction of sp³-hybridized carbons (Fsp3) is 0.643. The van der Waals surface area contributed by atoms with Crippen molar-refractivity contribution >= 4 is 11.8 Å². The van der Waals surface area contributed by atoms with Crippen LogP contribution >= 0.6 is 0 Å². The van der Waals surface area contributed by atoms with Gasteiger partial charge in [0.1, 0.15) is 12.2 Å². The number of hydrogen-bond donors (Lipinski definition) is 1. The lowest BCUT2D eigenvalue weighted by atomic mass is 9.96. The van der Waals surface area contributed by atoms with Gasteiger partial charge in [0, 0.05) is 17.9 Å². The summed E-state index contributed by atoms with van der Waals surface area (Å²) in [5.41, 5.74) is -1.01. The van der Waals surface area contributed by atoms with Gasteiger partial charge in [0.2, 0.25) is 0 Å². The Hall–Kier alpha value is -1.89. The zero-order valence-electron chi connectivity index (χ0n) is 12.8. The number of nitrogens with zero attached hydrogens (tertiary/aromatic N) is 3. The van der Waals surface area contributed by atoms with Crippen LogP contribution < -0.4 is 10.5 Å². The van der Waals surface area contributed by atoms with Gasteiger partial charge in [-0.1, -0.05) is 0 Å². The summed E-state index contributed by atoms with van der Waals surface area (Å²) in [6, 6.07) is 0. The first-order valence-electron chi connectivity index (χ1n) is 6.81. The Balaban J connectivity index is 2.13. The molecule has 7 nitrogen and oxygen atoms in total. The molecule has 1 aliphatic heterocycles. The van der Waals surface area contributed by atoms with Gasteiger partial charge >= 0.3 is 5.97 Å². The van der Waals surface area contributed by atoms with Crippen LogP contribution in [0.3, 0.4) is 0 Å². The van der Waals surface area contributed by atoms with Crippen molar-refractivity contribution in [2.45, 2.75) is 38.8 Å². The molecular weight excluding hydrogens is 274 g/mol. The number of aliphatic carboxylic acids is 1. The highest BCUT2D eigenvalue weighted by Crippen LogP contribution is 2.27. The van der Waals surface area contributed by atoms with E-state index in [-0.39, 0.29) is 17.7 Å². The molecule has 116 valence electrons. The van der Waals surface area contributed by atoms with Crippen molar-refractivity contribution in [1.29, 1.82) is 0 Å². The van der Waals surface area contributed by atoms with Gasteiger partial charge in [0.15, 0.2) is 5.82 Å². The normalized spacial score (nSPS) is 17.4. The van der Waals surface area contributed by atoms with E-state index in [0.717, 1.165) is 0 Å². The lowest BCUT2D eigenvalue weighted by Crippen LogP contribution is -2.63. The third-order valence-electron chi connectivity index (χ3n) is 3.44. The molecule has 1 aliphatic rings. The van der Waals surface area contributed by atoms with E-state index in [2.05, 4.69) is 4.98 Å². The summed E-state index contributed by atoms with van der Waals surface area (Å²) in [7, 11) is 0. The van der Waals surface area contributed by atoms with Crippen molar-refractivity contribution in [1.82, 2.24) is 9.55 Å². The smallest absolute Gasteiger partial charge is 0.329 e. The monoisotopic (exact) mass is 295 g/mol. The largest absolute Gasteiger partial charge is 0.480 e. The minimum atomic E-state index is -0.998. The van der Waals surface area contributed by atoms with Crippen molar-refractivity contribution in [3.05, 3.63) is 22.7 Å². The quantitative estimate of drug-likeness (QED) is 0.879. The van der Waals surface area contributed by atoms with Gasteiger partial charge in [-0.25, -0.2) is 9.78 Å². The third-order valence-corrected chi connectivity index (χ3v) is 3.44. The molecule has 1 N–H and O–H groups in total. The second kappa shape index (κ2) is 5.14. The molecule has 21 heavy (non-hydrogen) atoms. The van der Waals surface area contributed by atoms with Gasteiger partial charge in [0.05, 0.1) is 13.1 Å². The minimum Gasteiger partial charge on any atom is -0.480 e. The van der Waals surface area contributed by atoms with Gasteiger partial charge in [0.25, 0.3) is 5.56 Å². The van der Waals surface area contributed by atoms with Crippen LogP contribution in [-0.4, -0.2) is 45.9 Å². The average molecular weight is 295 g/mol. The van der Waals surface area contributed by atoms with Crippen LogP contribution in [0.5, 0.6) is 0 Å². The Labute approximate surface area is 123 Å². The molecule has 1 saturated heterocycles. The van der Waals surface area contributed by atoms with Gasteiger partial charge in [-0.05, 0) is 27.7 Å². The van der Waals surface area contributed by atoms with E-state index in [1.807, 2.05) is 32.6 Å². The van der Waals surface area contributed by atoms with Gasteiger partial charge in [-0.15, -0.1) is 0 Å². The lowest BCUT2D eigenvalue weighted by molar-refractivity contribution is -0.150. The van der Waals surface area contributed by atoms with E-state index in [0.29, 0.717) is 18.9 Å². The predicted octanol–water partition coefficient (Wildman–Crippen LogP) is 0.678. The van der Waals surface area contributed by atoms with Crippen LogP contribution in [0.4, 0.5) is 5.82 Å². The van der Waals surface area contributed by atoms with Gasteiger partial charge < -0.3 is 19.3 Å². The van der Waals surface area contributed by atoms with Crippen molar-refractivity contribution < 1.29 is 14.6 Å². The lowest BCUT2D eigenvalue weighted by Gasteiger charge is -2.47. The Morgan fingerprint density at radius 3 is 2.62 bits per heavy atom. The van der Waals surface area contributed by atoms with E-state index in [9.17, 15) is 9.59 Å². The molecule has 1 aromatic heterocycles. The second-order valence-corrected chi connectivity index (χ2v) is 6.59. The third kappa shape index (κ3) is 3.24. The standard InChI is InChI=1S/C14H21N3O4/c1-13(2,3)17-6-5-15-11(12(17)20)16-8-14(4,9-16)21-7-10(18)19/h5-6H,7-9H2,1-4H3,(H,18,19). The minimum absolute atomic E-state index is 0.148. The number of ether oxygens (including phenoxy) is 1. The number of anilines is 1. The molecule has 1 aromatic rings. The van der Waals surface area contributed by atoms with E-state index in [1.165, 1.54) is 0 Å². The highest BCUT2D eigenvalue weighted by atomic mass is 16.5. The zero-order valence-corrected chi connectivity index (χ0v) is 12.8. The highest BCUT2D eigenvalue weighted by Gasteiger charge is 2.42. The van der Waals surface area contributed by atoms with E-state index in [1.54, 1.807) is 17.0 Å². The molecular formula is C14H21N3O4. The van der Waals surface area contributed by atoms with Crippen LogP contribution in [0.25, 0.3) is 0 Å². The Morgan fingerprint density at radius 1 is 1.48 bits per heavy atom. The molecule has 0 saturated carbocycles. The first kappa shape index (κ1) is 15.5. The number of carboxylic acids is 1. The number of aromatic nitrogens is 2. The van der Waals surface area contributed by atoms with Gasteiger partial charge in [-0.3, -0.25) is 4.79 Å². The van der Waals surface area contributed by atoms with Crippen LogP contribution in [0.15, 0.2) is 17.2 Å². The molecule has 0 atom stereocenters. The molecule has 0 aliphatic carbocycles. The van der Waals surface area contributed by atoms with Crippen LogP contribution in [0.2, 0.25) is 0 Å². The molecule has 1 fully saturated rings. The summed E-state index contributed by atoms with van der Waals surface area (Å²) in [6.45, 7) is 8.26. The molecule has 0 aromatic carbocycles. The maximum Gasteiger partial charge on any atom is 0.329 e. The summed E-state index contributed by atoms with van der Waals surface area (Å²) in [4.78, 5) is 29.0. The predicted molar refractivity (Wildman–Crippen MR) is 77.7 cm³/mol. The van der Waals surface area contributed by atoms with Crippen molar-refractivity contribution in [3.63, 3.8) is 0 Å². The molecule has 2 rings (SSSR count). The average Bonchev–Trinajstić information content (AvgIpc) is 2.32. The van der Waals surface area contributed by atoms with Crippen molar-refractivity contribution in [2.75, 3.05) is 24.6 Å². The summed E-state index contributed by atoms with van der Waals surface area (Å²) in [5, 5.41) is 8.65. The van der Waals surface area contributed by atoms with E-state index >= 15 is 0 Å². The second-order valence-electron chi connectivity index (χ2n) is 6.59. The molecule has 2 heterocycles. The van der Waals surface area contributed by atoms with Crippen LogP contribution in [0.1, 0.15) is 27.7 Å².